The fraction of sp³-hybridized carbons (Fsp3) is 0.0667. The molecular weight excluding hydrogens is 304 g/mol. The molecule has 23 heavy (non-hydrogen) atoms. The van der Waals surface area contributed by atoms with E-state index in [-0.39, 0.29) is 28.2 Å². The Kier molecular flexibility index (Phi) is 4.55. The monoisotopic (exact) mass is 316 g/mol. The minimum atomic E-state index is -1.14. The molecule has 2 N–H and O–H groups in total. The molecule has 0 atom stereocenters. The zero-order chi connectivity index (χ0) is 17.0. The molecule has 0 aliphatic rings. The van der Waals surface area contributed by atoms with Crippen molar-refractivity contribution < 1.29 is 24.4 Å². The lowest BCUT2D eigenvalue weighted by molar-refractivity contribution is -0.384. The van der Waals surface area contributed by atoms with Gasteiger partial charge in [-0.2, -0.15) is 0 Å². The van der Waals surface area contributed by atoms with Gasteiger partial charge in [-0.05, 0) is 18.2 Å². The number of benzene rings is 2. The number of anilines is 2. The maximum absolute atomic E-state index is 11.8. The molecule has 2 aromatic carbocycles. The van der Waals surface area contributed by atoms with Crippen molar-refractivity contribution in [3.05, 3.63) is 63.7 Å². The smallest absolute Gasteiger partial charge is 0.340 e. The lowest BCUT2D eigenvalue weighted by Crippen LogP contribution is -2.08. The quantitative estimate of drug-likeness (QED) is 0.494. The molecule has 0 heterocycles. The first kappa shape index (κ1) is 16.0. The standard InChI is InChI=1S/C15H12N2O6/c1-23-15(20)11-8-9(17(21)22)6-7-13(11)16-12-5-3-2-4-10(12)14(18)19/h2-8,16H,1H3,(H,18,19). The third kappa shape index (κ3) is 3.43. The van der Waals surface area contributed by atoms with E-state index >= 15 is 0 Å². The summed E-state index contributed by atoms with van der Waals surface area (Å²) < 4.78 is 4.61. The van der Waals surface area contributed by atoms with Gasteiger partial charge in [-0.1, -0.05) is 12.1 Å². The van der Waals surface area contributed by atoms with Gasteiger partial charge < -0.3 is 15.2 Å². The number of para-hydroxylation sites is 1. The Morgan fingerprint density at radius 3 is 2.39 bits per heavy atom. The van der Waals surface area contributed by atoms with Crippen LogP contribution in [0, 0.1) is 10.1 Å². The molecule has 0 aliphatic heterocycles. The van der Waals surface area contributed by atoms with Crippen LogP contribution in [-0.4, -0.2) is 29.1 Å². The number of non-ortho nitro benzene ring substituents is 1. The molecule has 8 heteroatoms. The van der Waals surface area contributed by atoms with Gasteiger partial charge >= 0.3 is 11.9 Å². The van der Waals surface area contributed by atoms with E-state index in [2.05, 4.69) is 10.1 Å². The first-order chi connectivity index (χ1) is 10.9. The minimum Gasteiger partial charge on any atom is -0.478 e. The summed E-state index contributed by atoms with van der Waals surface area (Å²) >= 11 is 0. The Balaban J connectivity index is 2.50. The van der Waals surface area contributed by atoms with Crippen molar-refractivity contribution in [2.45, 2.75) is 0 Å². The Bertz CT molecular complexity index is 787. The van der Waals surface area contributed by atoms with Crippen LogP contribution in [-0.2, 0) is 4.74 Å². The molecule has 0 aromatic heterocycles. The highest BCUT2D eigenvalue weighted by atomic mass is 16.6. The molecular formula is C15H12N2O6. The van der Waals surface area contributed by atoms with E-state index in [4.69, 9.17) is 5.11 Å². The summed E-state index contributed by atoms with van der Waals surface area (Å²) in [5, 5.41) is 22.8. The molecule has 0 amide bonds. The van der Waals surface area contributed by atoms with Crippen LogP contribution in [0.2, 0.25) is 0 Å². The van der Waals surface area contributed by atoms with Gasteiger partial charge in [-0.3, -0.25) is 10.1 Å². The number of ether oxygens (including phenoxy) is 1. The second-order valence-electron chi connectivity index (χ2n) is 4.45. The molecule has 2 aromatic rings. The fourth-order valence-electron chi connectivity index (χ4n) is 1.96. The van der Waals surface area contributed by atoms with E-state index in [9.17, 15) is 19.7 Å². The normalized spacial score (nSPS) is 9.96. The Morgan fingerprint density at radius 1 is 1.13 bits per heavy atom. The fourth-order valence-corrected chi connectivity index (χ4v) is 1.96. The number of carboxylic acid groups (broad SMARTS) is 1. The molecule has 118 valence electrons. The van der Waals surface area contributed by atoms with Crippen LogP contribution in [0.3, 0.4) is 0 Å². The number of carbonyl (C=O) groups excluding carboxylic acids is 1. The summed E-state index contributed by atoms with van der Waals surface area (Å²) in [4.78, 5) is 33.2. The number of hydrogen-bond donors (Lipinski definition) is 2. The van der Waals surface area contributed by atoms with Gasteiger partial charge in [-0.15, -0.1) is 0 Å². The largest absolute Gasteiger partial charge is 0.478 e. The van der Waals surface area contributed by atoms with Crippen molar-refractivity contribution in [2.24, 2.45) is 0 Å². The summed E-state index contributed by atoms with van der Waals surface area (Å²) in [5.74, 6) is -1.92. The maximum Gasteiger partial charge on any atom is 0.340 e. The number of carboxylic acids is 1. The number of methoxy groups -OCH3 is 1. The highest BCUT2D eigenvalue weighted by Gasteiger charge is 2.19. The number of carbonyl (C=O) groups is 2. The van der Waals surface area contributed by atoms with Crippen LogP contribution in [0.15, 0.2) is 42.5 Å². The highest BCUT2D eigenvalue weighted by Crippen LogP contribution is 2.27. The van der Waals surface area contributed by atoms with E-state index in [1.807, 2.05) is 0 Å². The number of aromatic carboxylic acids is 1. The van der Waals surface area contributed by atoms with E-state index < -0.39 is 16.9 Å². The van der Waals surface area contributed by atoms with E-state index in [0.29, 0.717) is 0 Å². The van der Waals surface area contributed by atoms with E-state index in [1.165, 1.54) is 24.3 Å². The van der Waals surface area contributed by atoms with E-state index in [0.717, 1.165) is 13.2 Å². The Labute approximate surface area is 130 Å². The summed E-state index contributed by atoms with van der Waals surface area (Å²) in [5.41, 5.74) is 0.112. The number of nitro groups is 1. The minimum absolute atomic E-state index is 0.00154. The summed E-state index contributed by atoms with van der Waals surface area (Å²) in [6.45, 7) is 0. The zero-order valence-electron chi connectivity index (χ0n) is 12.0. The predicted molar refractivity (Wildman–Crippen MR) is 81.1 cm³/mol. The molecule has 2 rings (SSSR count). The van der Waals surface area contributed by atoms with Crippen LogP contribution in [0.5, 0.6) is 0 Å². The second-order valence-corrected chi connectivity index (χ2v) is 4.45. The van der Waals surface area contributed by atoms with Crippen LogP contribution >= 0.6 is 0 Å². The van der Waals surface area contributed by atoms with Gasteiger partial charge in [0.2, 0.25) is 0 Å². The van der Waals surface area contributed by atoms with Crippen LogP contribution < -0.4 is 5.32 Å². The number of esters is 1. The molecule has 8 nitrogen and oxygen atoms in total. The topological polar surface area (TPSA) is 119 Å². The van der Waals surface area contributed by atoms with Crippen LogP contribution in [0.1, 0.15) is 20.7 Å². The number of hydrogen-bond acceptors (Lipinski definition) is 6. The van der Waals surface area contributed by atoms with Crippen molar-refractivity contribution in [1.29, 1.82) is 0 Å². The van der Waals surface area contributed by atoms with Gasteiger partial charge in [0, 0.05) is 12.1 Å². The zero-order valence-corrected chi connectivity index (χ0v) is 12.0. The van der Waals surface area contributed by atoms with Gasteiger partial charge in [-0.25, -0.2) is 9.59 Å². The highest BCUT2D eigenvalue weighted by molar-refractivity contribution is 5.99. The predicted octanol–water partition coefficient (Wildman–Crippen LogP) is 2.82. The third-order valence-electron chi connectivity index (χ3n) is 3.05. The maximum atomic E-state index is 11.8. The first-order valence-electron chi connectivity index (χ1n) is 6.40. The number of nitrogens with one attached hydrogen (secondary N) is 1. The first-order valence-corrected chi connectivity index (χ1v) is 6.40. The van der Waals surface area contributed by atoms with Gasteiger partial charge in [0.25, 0.3) is 5.69 Å². The summed E-state index contributed by atoms with van der Waals surface area (Å²) in [6, 6.07) is 9.70. The Morgan fingerprint density at radius 2 is 1.78 bits per heavy atom. The molecule has 0 unspecified atom stereocenters. The van der Waals surface area contributed by atoms with Crippen molar-refractivity contribution >= 4 is 29.0 Å². The number of nitrogens with zero attached hydrogens (tertiary/aromatic N) is 1. The van der Waals surface area contributed by atoms with Gasteiger partial charge in [0.15, 0.2) is 0 Å². The molecule has 0 aliphatic carbocycles. The van der Waals surface area contributed by atoms with Crippen molar-refractivity contribution in [3.63, 3.8) is 0 Å². The van der Waals surface area contributed by atoms with Gasteiger partial charge in [0.1, 0.15) is 0 Å². The molecule has 0 saturated carbocycles. The average molecular weight is 316 g/mol. The molecule has 0 fully saturated rings. The summed E-state index contributed by atoms with van der Waals surface area (Å²) in [7, 11) is 1.15. The lowest BCUT2D eigenvalue weighted by atomic mass is 10.1. The van der Waals surface area contributed by atoms with Crippen molar-refractivity contribution in [3.8, 4) is 0 Å². The number of nitro benzene ring substituents is 1. The number of rotatable bonds is 5. The van der Waals surface area contributed by atoms with Crippen LogP contribution in [0.4, 0.5) is 17.1 Å². The molecule has 0 saturated heterocycles. The molecule has 0 spiro atoms. The molecule has 0 radical (unpaired) electrons. The van der Waals surface area contributed by atoms with Gasteiger partial charge in [0.05, 0.1) is 34.5 Å². The third-order valence-corrected chi connectivity index (χ3v) is 3.05. The molecule has 0 bridgehead atoms. The Hall–Kier alpha value is -3.42. The summed E-state index contributed by atoms with van der Waals surface area (Å²) in [6.07, 6.45) is 0. The van der Waals surface area contributed by atoms with Crippen molar-refractivity contribution in [2.75, 3.05) is 12.4 Å². The van der Waals surface area contributed by atoms with E-state index in [1.54, 1.807) is 12.1 Å². The second kappa shape index (κ2) is 6.56. The lowest BCUT2D eigenvalue weighted by Gasteiger charge is -2.12. The van der Waals surface area contributed by atoms with Crippen molar-refractivity contribution in [1.82, 2.24) is 0 Å². The SMILES string of the molecule is COC(=O)c1cc([N+](=O)[O-])ccc1Nc1ccccc1C(=O)O. The average Bonchev–Trinajstić information content (AvgIpc) is 2.54. The van der Waals surface area contributed by atoms with Crippen LogP contribution in [0.25, 0.3) is 0 Å².